The minimum atomic E-state index is -2.70. The topological polar surface area (TPSA) is 55.6 Å². The standard InChI is InChI=1S/C12H20F2N2O2/c1-11(2,3)18-10(17)16-7-4-8(9(16)6-15)12(13,14)5-7/h7-9H,4-6,15H2,1-3H3/t7-,8-,9+/m1/s1. The summed E-state index contributed by atoms with van der Waals surface area (Å²) in [5, 5.41) is 0. The van der Waals surface area contributed by atoms with Crippen LogP contribution in [0.1, 0.15) is 33.6 Å². The number of carbonyl (C=O) groups excluding carboxylic acids is 1. The van der Waals surface area contributed by atoms with Gasteiger partial charge in [-0.3, -0.25) is 0 Å². The molecule has 2 rings (SSSR count). The molecule has 4 nitrogen and oxygen atoms in total. The summed E-state index contributed by atoms with van der Waals surface area (Å²) in [6, 6.07) is -1.04. The molecular formula is C12H20F2N2O2. The zero-order valence-electron chi connectivity index (χ0n) is 11.0. The number of hydrogen-bond acceptors (Lipinski definition) is 3. The molecule has 0 aromatic rings. The summed E-state index contributed by atoms with van der Waals surface area (Å²) >= 11 is 0. The van der Waals surface area contributed by atoms with Crippen LogP contribution >= 0.6 is 0 Å². The molecule has 1 heterocycles. The van der Waals surface area contributed by atoms with Gasteiger partial charge in [0.2, 0.25) is 0 Å². The molecule has 0 aromatic carbocycles. The summed E-state index contributed by atoms with van der Waals surface area (Å²) in [7, 11) is 0. The molecule has 2 N–H and O–H groups in total. The van der Waals surface area contributed by atoms with Crippen molar-refractivity contribution < 1.29 is 18.3 Å². The van der Waals surface area contributed by atoms with Crippen molar-refractivity contribution in [3.8, 4) is 0 Å². The number of carbonyl (C=O) groups is 1. The maximum atomic E-state index is 13.6. The van der Waals surface area contributed by atoms with Crippen molar-refractivity contribution in [2.45, 2.75) is 57.2 Å². The van der Waals surface area contributed by atoms with Gasteiger partial charge in [-0.15, -0.1) is 0 Å². The molecular weight excluding hydrogens is 242 g/mol. The van der Waals surface area contributed by atoms with Gasteiger partial charge in [-0.05, 0) is 27.2 Å². The zero-order chi connectivity index (χ0) is 13.7. The van der Waals surface area contributed by atoms with Crippen molar-refractivity contribution in [2.24, 2.45) is 11.7 Å². The lowest BCUT2D eigenvalue weighted by Crippen LogP contribution is -2.55. The van der Waals surface area contributed by atoms with Crippen LogP contribution in [0.25, 0.3) is 0 Å². The van der Waals surface area contributed by atoms with Gasteiger partial charge < -0.3 is 15.4 Å². The van der Waals surface area contributed by atoms with Crippen LogP contribution in [0.2, 0.25) is 0 Å². The molecule has 0 radical (unpaired) electrons. The predicted molar refractivity (Wildman–Crippen MR) is 62.4 cm³/mol. The molecule has 1 saturated carbocycles. The van der Waals surface area contributed by atoms with E-state index in [0.717, 1.165) is 0 Å². The van der Waals surface area contributed by atoms with Gasteiger partial charge >= 0.3 is 6.09 Å². The lowest BCUT2D eigenvalue weighted by Gasteiger charge is -2.38. The maximum Gasteiger partial charge on any atom is 0.410 e. The second-order valence-electron chi connectivity index (χ2n) is 6.15. The lowest BCUT2D eigenvalue weighted by molar-refractivity contribution is -0.0892. The number of piperidine rings is 1. The summed E-state index contributed by atoms with van der Waals surface area (Å²) in [5.74, 6) is -3.52. The van der Waals surface area contributed by atoms with Gasteiger partial charge in [0.1, 0.15) is 5.60 Å². The van der Waals surface area contributed by atoms with Gasteiger partial charge in [-0.2, -0.15) is 0 Å². The lowest BCUT2D eigenvalue weighted by atomic mass is 9.95. The Balaban J connectivity index is 2.14. The van der Waals surface area contributed by atoms with E-state index in [2.05, 4.69) is 0 Å². The highest BCUT2D eigenvalue weighted by atomic mass is 19.3. The zero-order valence-corrected chi connectivity index (χ0v) is 11.0. The third kappa shape index (κ3) is 2.18. The van der Waals surface area contributed by atoms with Gasteiger partial charge in [0, 0.05) is 24.9 Å². The van der Waals surface area contributed by atoms with E-state index in [9.17, 15) is 13.6 Å². The van der Waals surface area contributed by atoms with E-state index in [1.807, 2.05) is 0 Å². The van der Waals surface area contributed by atoms with Crippen LogP contribution in [0.3, 0.4) is 0 Å². The van der Waals surface area contributed by atoms with Gasteiger partial charge in [-0.25, -0.2) is 13.6 Å². The number of halogens is 2. The highest BCUT2D eigenvalue weighted by Gasteiger charge is 2.62. The second-order valence-corrected chi connectivity index (χ2v) is 6.15. The number of amides is 1. The first-order valence-corrected chi connectivity index (χ1v) is 6.25. The van der Waals surface area contributed by atoms with E-state index < -0.39 is 35.6 Å². The largest absolute Gasteiger partial charge is 0.444 e. The van der Waals surface area contributed by atoms with Crippen molar-refractivity contribution in [1.29, 1.82) is 0 Å². The van der Waals surface area contributed by atoms with Gasteiger partial charge in [0.05, 0.1) is 6.04 Å². The summed E-state index contributed by atoms with van der Waals surface area (Å²) in [4.78, 5) is 13.5. The van der Waals surface area contributed by atoms with Gasteiger partial charge in [0.25, 0.3) is 5.92 Å². The first kappa shape index (κ1) is 13.5. The number of hydrogen-bond donors (Lipinski definition) is 1. The Morgan fingerprint density at radius 2 is 2.11 bits per heavy atom. The number of fused-ring (bicyclic) bond motifs is 2. The van der Waals surface area contributed by atoms with E-state index in [1.54, 1.807) is 20.8 Å². The molecule has 6 heteroatoms. The minimum Gasteiger partial charge on any atom is -0.444 e. The highest BCUT2D eigenvalue weighted by Crippen LogP contribution is 2.51. The van der Waals surface area contributed by atoms with E-state index in [-0.39, 0.29) is 13.0 Å². The molecule has 0 spiro atoms. The Morgan fingerprint density at radius 3 is 2.61 bits per heavy atom. The Hall–Kier alpha value is -0.910. The molecule has 1 saturated heterocycles. The molecule has 1 aliphatic heterocycles. The normalized spacial score (nSPS) is 33.9. The molecule has 0 aromatic heterocycles. The summed E-state index contributed by atoms with van der Waals surface area (Å²) in [6.07, 6.45) is -0.470. The molecule has 104 valence electrons. The van der Waals surface area contributed by atoms with Crippen LogP contribution < -0.4 is 5.73 Å². The van der Waals surface area contributed by atoms with Gasteiger partial charge in [0.15, 0.2) is 0 Å². The van der Waals surface area contributed by atoms with Crippen molar-refractivity contribution in [2.75, 3.05) is 6.54 Å². The van der Waals surface area contributed by atoms with Crippen LogP contribution in [-0.2, 0) is 4.74 Å². The van der Waals surface area contributed by atoms with E-state index in [4.69, 9.17) is 10.5 Å². The van der Waals surface area contributed by atoms with Crippen LogP contribution in [0.15, 0.2) is 0 Å². The summed E-state index contributed by atoms with van der Waals surface area (Å²) in [5.41, 5.74) is 4.93. The second kappa shape index (κ2) is 4.05. The monoisotopic (exact) mass is 262 g/mol. The van der Waals surface area contributed by atoms with E-state index in [1.165, 1.54) is 4.90 Å². The van der Waals surface area contributed by atoms with E-state index in [0.29, 0.717) is 6.42 Å². The SMILES string of the molecule is CC(C)(C)OC(=O)N1[C@@H]2C[C@H]([C@@H]1CN)C(F)(F)C2. The van der Waals surface area contributed by atoms with Crippen LogP contribution in [0, 0.1) is 5.92 Å². The average Bonchev–Trinajstić information content (AvgIpc) is 2.66. The minimum absolute atomic E-state index is 0.0516. The molecule has 2 bridgehead atoms. The number of likely N-dealkylation sites (tertiary alicyclic amines) is 1. The Labute approximate surface area is 105 Å². The first-order valence-electron chi connectivity index (χ1n) is 6.25. The average molecular weight is 262 g/mol. The van der Waals surface area contributed by atoms with E-state index >= 15 is 0 Å². The van der Waals surface area contributed by atoms with Crippen molar-refractivity contribution in [3.63, 3.8) is 0 Å². The van der Waals surface area contributed by atoms with Crippen molar-refractivity contribution in [1.82, 2.24) is 4.90 Å². The Kier molecular flexibility index (Phi) is 3.04. The van der Waals surface area contributed by atoms with Crippen LogP contribution in [0.4, 0.5) is 13.6 Å². The maximum absolute atomic E-state index is 13.6. The van der Waals surface area contributed by atoms with Crippen LogP contribution in [-0.4, -0.2) is 41.1 Å². The van der Waals surface area contributed by atoms with Crippen molar-refractivity contribution in [3.05, 3.63) is 0 Å². The van der Waals surface area contributed by atoms with Crippen LogP contribution in [0.5, 0.6) is 0 Å². The summed E-state index contributed by atoms with van der Waals surface area (Å²) < 4.78 is 32.5. The molecule has 2 fully saturated rings. The first-order chi connectivity index (χ1) is 8.15. The smallest absolute Gasteiger partial charge is 0.410 e. The summed E-state index contributed by atoms with van der Waals surface area (Å²) in [6.45, 7) is 5.32. The predicted octanol–water partition coefficient (Wildman–Crippen LogP) is 1.98. The molecule has 18 heavy (non-hydrogen) atoms. The number of nitrogens with two attached hydrogens (primary N) is 1. The fourth-order valence-corrected chi connectivity index (χ4v) is 3.01. The number of ether oxygens (including phenoxy) is 1. The highest BCUT2D eigenvalue weighted by molar-refractivity contribution is 5.70. The quantitative estimate of drug-likeness (QED) is 0.786. The molecule has 3 atom stereocenters. The third-order valence-corrected chi connectivity index (χ3v) is 3.64. The fourth-order valence-electron chi connectivity index (χ4n) is 3.01. The number of rotatable bonds is 1. The van der Waals surface area contributed by atoms with Crippen molar-refractivity contribution >= 4 is 6.09 Å². The fraction of sp³-hybridized carbons (Fsp3) is 0.917. The molecule has 2 aliphatic rings. The molecule has 1 aliphatic carbocycles. The number of nitrogens with zero attached hydrogens (tertiary/aromatic N) is 1. The van der Waals surface area contributed by atoms with Gasteiger partial charge in [-0.1, -0.05) is 0 Å². The molecule has 0 unspecified atom stereocenters. The Bertz CT molecular complexity index is 354. The third-order valence-electron chi connectivity index (χ3n) is 3.64. The molecule has 1 amide bonds. The number of alkyl halides is 2. The Morgan fingerprint density at radius 1 is 1.50 bits per heavy atom.